The zero-order valence-electron chi connectivity index (χ0n) is 18.2. The van der Waals surface area contributed by atoms with Gasteiger partial charge in [0.15, 0.2) is 4.34 Å². The van der Waals surface area contributed by atoms with Crippen molar-refractivity contribution in [1.82, 2.24) is 19.7 Å². The first-order valence-corrected chi connectivity index (χ1v) is 12.8. The van der Waals surface area contributed by atoms with Crippen LogP contribution in [-0.2, 0) is 14.3 Å². The molecular formula is C21H30N4O4S2. The van der Waals surface area contributed by atoms with Crippen LogP contribution in [0.15, 0.2) is 9.72 Å². The summed E-state index contributed by atoms with van der Waals surface area (Å²) < 4.78 is 5.99. The monoisotopic (exact) mass is 466 g/mol. The molecule has 4 rings (SSSR count). The fourth-order valence-electron chi connectivity index (χ4n) is 4.61. The lowest BCUT2D eigenvalue weighted by atomic mass is 9.90. The molecule has 170 valence electrons. The molecule has 0 aromatic carbocycles. The molecule has 0 unspecified atom stereocenters. The molecular weight excluding hydrogens is 436 g/mol. The summed E-state index contributed by atoms with van der Waals surface area (Å²) in [5.74, 6) is 0.878. The van der Waals surface area contributed by atoms with Crippen molar-refractivity contribution in [2.24, 2.45) is 11.3 Å². The molecule has 3 fully saturated rings. The van der Waals surface area contributed by atoms with Crippen molar-refractivity contribution in [2.45, 2.75) is 37.4 Å². The third-order valence-electron chi connectivity index (χ3n) is 6.63. The average molecular weight is 467 g/mol. The third kappa shape index (κ3) is 5.00. The van der Waals surface area contributed by atoms with E-state index in [0.717, 1.165) is 42.4 Å². The van der Waals surface area contributed by atoms with Gasteiger partial charge in [0.05, 0.1) is 12.4 Å². The topological polar surface area (TPSA) is 83.0 Å². The van der Waals surface area contributed by atoms with Crippen LogP contribution in [0.4, 0.5) is 4.79 Å². The second kappa shape index (κ2) is 9.36. The summed E-state index contributed by atoms with van der Waals surface area (Å²) in [6.45, 7) is 7.79. The summed E-state index contributed by atoms with van der Waals surface area (Å²) in [6.07, 6.45) is 2.44. The smallest absolute Gasteiger partial charge is 0.409 e. The minimum atomic E-state index is -0.294. The Morgan fingerprint density at radius 3 is 2.42 bits per heavy atom. The number of piperazine rings is 1. The molecule has 3 heterocycles. The van der Waals surface area contributed by atoms with Crippen molar-refractivity contribution in [3.63, 3.8) is 0 Å². The SMILES string of the molecule is CCOC(=O)N1CCN(C(=O)[C@@H]2CC23CCN(C(=O)CSc2nc(C)cs2)CC3)CC1. The molecule has 3 amide bonds. The summed E-state index contributed by atoms with van der Waals surface area (Å²) in [5.41, 5.74) is 1.07. The zero-order chi connectivity index (χ0) is 22.0. The number of aromatic nitrogens is 1. The first-order chi connectivity index (χ1) is 14.9. The molecule has 1 aliphatic carbocycles. The lowest BCUT2D eigenvalue weighted by Gasteiger charge is -2.36. The van der Waals surface area contributed by atoms with Crippen molar-refractivity contribution < 1.29 is 19.1 Å². The van der Waals surface area contributed by atoms with Crippen LogP contribution in [0.1, 0.15) is 31.9 Å². The van der Waals surface area contributed by atoms with E-state index >= 15 is 0 Å². The van der Waals surface area contributed by atoms with Crippen molar-refractivity contribution >= 4 is 41.0 Å². The third-order valence-corrected chi connectivity index (χ3v) is 8.76. The number of thiazole rings is 1. The Bertz CT molecular complexity index is 829. The molecule has 2 aliphatic heterocycles. The Labute approximate surface area is 191 Å². The number of hydrogen-bond acceptors (Lipinski definition) is 7. The summed E-state index contributed by atoms with van der Waals surface area (Å²) in [5, 5.41) is 2.00. The van der Waals surface area contributed by atoms with Gasteiger partial charge in [0.2, 0.25) is 11.8 Å². The van der Waals surface area contributed by atoms with Crippen LogP contribution in [0.25, 0.3) is 0 Å². The highest BCUT2D eigenvalue weighted by atomic mass is 32.2. The fraction of sp³-hybridized carbons (Fsp3) is 0.714. The van der Waals surface area contributed by atoms with Gasteiger partial charge in [0.25, 0.3) is 0 Å². The lowest BCUT2D eigenvalue weighted by molar-refractivity contribution is -0.135. The van der Waals surface area contributed by atoms with Crippen molar-refractivity contribution in [3.05, 3.63) is 11.1 Å². The quantitative estimate of drug-likeness (QED) is 0.620. The van der Waals surface area contributed by atoms with E-state index in [4.69, 9.17) is 4.74 Å². The number of piperidine rings is 1. The maximum Gasteiger partial charge on any atom is 0.409 e. The number of amides is 3. The molecule has 3 aliphatic rings. The summed E-state index contributed by atoms with van der Waals surface area (Å²) >= 11 is 3.09. The van der Waals surface area contributed by atoms with E-state index in [1.54, 1.807) is 23.2 Å². The summed E-state index contributed by atoms with van der Waals surface area (Å²) in [4.78, 5) is 47.3. The lowest BCUT2D eigenvalue weighted by Crippen LogP contribution is -2.51. The van der Waals surface area contributed by atoms with Crippen LogP contribution in [0.5, 0.6) is 0 Å². The van der Waals surface area contributed by atoms with Gasteiger partial charge in [-0.05, 0) is 38.5 Å². The highest BCUT2D eigenvalue weighted by Crippen LogP contribution is 2.60. The fourth-order valence-corrected chi connectivity index (χ4v) is 6.36. The highest BCUT2D eigenvalue weighted by Gasteiger charge is 2.59. The number of thioether (sulfide) groups is 1. The predicted octanol–water partition coefficient (Wildman–Crippen LogP) is 2.47. The van der Waals surface area contributed by atoms with E-state index in [1.165, 1.54) is 11.8 Å². The van der Waals surface area contributed by atoms with E-state index in [2.05, 4.69) is 4.98 Å². The first kappa shape index (κ1) is 22.4. The average Bonchev–Trinajstić information content (AvgIpc) is 3.31. The number of rotatable bonds is 5. The molecule has 0 N–H and O–H groups in total. The number of ether oxygens (including phenoxy) is 1. The largest absolute Gasteiger partial charge is 0.450 e. The molecule has 0 bridgehead atoms. The number of likely N-dealkylation sites (tertiary alicyclic amines) is 1. The summed E-state index contributed by atoms with van der Waals surface area (Å²) in [7, 11) is 0. The van der Waals surface area contributed by atoms with Gasteiger partial charge in [0.1, 0.15) is 0 Å². The number of hydrogen-bond donors (Lipinski definition) is 0. The Balaban J connectivity index is 1.20. The van der Waals surface area contributed by atoms with Gasteiger partial charge < -0.3 is 19.4 Å². The number of carbonyl (C=O) groups is 3. The molecule has 1 saturated carbocycles. The van der Waals surface area contributed by atoms with Crippen LogP contribution in [-0.4, -0.2) is 89.2 Å². The summed E-state index contributed by atoms with van der Waals surface area (Å²) in [6, 6.07) is 0. The highest BCUT2D eigenvalue weighted by molar-refractivity contribution is 8.01. The minimum Gasteiger partial charge on any atom is -0.450 e. The molecule has 2 saturated heterocycles. The Kier molecular flexibility index (Phi) is 6.76. The zero-order valence-corrected chi connectivity index (χ0v) is 19.8. The van der Waals surface area contributed by atoms with Crippen LogP contribution >= 0.6 is 23.1 Å². The van der Waals surface area contributed by atoms with Gasteiger partial charge in [0, 0.05) is 56.3 Å². The van der Waals surface area contributed by atoms with Crippen molar-refractivity contribution in [1.29, 1.82) is 0 Å². The molecule has 10 heteroatoms. The van der Waals surface area contributed by atoms with Crippen LogP contribution in [0.3, 0.4) is 0 Å². The predicted molar refractivity (Wildman–Crippen MR) is 119 cm³/mol. The van der Waals surface area contributed by atoms with Crippen molar-refractivity contribution in [2.75, 3.05) is 51.6 Å². The molecule has 1 aromatic rings. The molecule has 1 spiro atoms. The molecule has 8 nitrogen and oxygen atoms in total. The molecule has 31 heavy (non-hydrogen) atoms. The standard InChI is InChI=1S/C21H30N4O4S2/c1-3-29-20(28)25-10-8-24(9-11-25)18(27)16-12-21(16)4-6-23(7-5-21)17(26)14-31-19-22-15(2)13-30-19/h13,16H,3-12,14H2,1-2H3/t16-/m0/s1. The first-order valence-electron chi connectivity index (χ1n) is 10.9. The normalized spacial score (nSPS) is 22.5. The van der Waals surface area contributed by atoms with Gasteiger partial charge in [-0.1, -0.05) is 11.8 Å². The second-order valence-corrected chi connectivity index (χ2v) is 10.6. The van der Waals surface area contributed by atoms with Gasteiger partial charge in [-0.15, -0.1) is 11.3 Å². The van der Waals surface area contributed by atoms with E-state index in [9.17, 15) is 14.4 Å². The number of nitrogens with zero attached hydrogens (tertiary/aromatic N) is 4. The van der Waals surface area contributed by atoms with Crippen LogP contribution < -0.4 is 0 Å². The van der Waals surface area contributed by atoms with Gasteiger partial charge in [-0.3, -0.25) is 9.59 Å². The van der Waals surface area contributed by atoms with Crippen LogP contribution in [0, 0.1) is 18.3 Å². The number of carbonyl (C=O) groups excluding carboxylic acids is 3. The van der Waals surface area contributed by atoms with Crippen molar-refractivity contribution in [3.8, 4) is 0 Å². The number of aryl methyl sites for hydroxylation is 1. The Hall–Kier alpha value is -1.81. The molecule has 1 aromatic heterocycles. The molecule has 0 radical (unpaired) electrons. The second-order valence-electron chi connectivity index (χ2n) is 8.55. The maximum atomic E-state index is 13.0. The maximum absolute atomic E-state index is 13.0. The minimum absolute atomic E-state index is 0.0751. The van der Waals surface area contributed by atoms with E-state index < -0.39 is 0 Å². The van der Waals surface area contributed by atoms with E-state index in [-0.39, 0.29) is 29.2 Å². The van der Waals surface area contributed by atoms with Gasteiger partial charge >= 0.3 is 6.09 Å². The van der Waals surface area contributed by atoms with Gasteiger partial charge in [-0.2, -0.15) is 0 Å². The molecule has 1 atom stereocenters. The van der Waals surface area contributed by atoms with Crippen LogP contribution in [0.2, 0.25) is 0 Å². The Morgan fingerprint density at radius 1 is 1.13 bits per heavy atom. The Morgan fingerprint density at radius 2 is 1.81 bits per heavy atom. The van der Waals surface area contributed by atoms with E-state index in [1.807, 2.05) is 22.1 Å². The van der Waals surface area contributed by atoms with Gasteiger partial charge in [-0.25, -0.2) is 9.78 Å². The van der Waals surface area contributed by atoms with E-state index in [0.29, 0.717) is 38.5 Å².